The average molecular weight is 372 g/mol. The van der Waals surface area contributed by atoms with Gasteiger partial charge in [-0.25, -0.2) is 0 Å². The molecule has 2 aromatic carbocycles. The van der Waals surface area contributed by atoms with Gasteiger partial charge in [-0.05, 0) is 23.8 Å². The highest BCUT2D eigenvalue weighted by molar-refractivity contribution is 6.33. The van der Waals surface area contributed by atoms with E-state index in [1.807, 2.05) is 12.1 Å². The Bertz CT molecular complexity index is 910. The Labute approximate surface area is 155 Å². The van der Waals surface area contributed by atoms with Crippen molar-refractivity contribution < 1.29 is 14.6 Å². The Balaban J connectivity index is 1.71. The number of nitrogens with zero attached hydrogens (tertiary/aromatic N) is 1. The zero-order chi connectivity index (χ0) is 18.5. The first-order valence-corrected chi connectivity index (χ1v) is 8.36. The first kappa shape index (κ1) is 18.0. The quantitative estimate of drug-likeness (QED) is 0.621. The maximum atomic E-state index is 12.5. The van der Waals surface area contributed by atoms with Gasteiger partial charge in [-0.15, -0.1) is 0 Å². The van der Waals surface area contributed by atoms with Gasteiger partial charge in [0.1, 0.15) is 5.75 Å². The Morgan fingerprint density at radius 1 is 1.31 bits per heavy atom. The molecule has 0 bridgehead atoms. The largest absolute Gasteiger partial charge is 0.497 e. The molecule has 134 valence electrons. The van der Waals surface area contributed by atoms with Crippen LogP contribution < -0.4 is 10.1 Å². The third-order valence-electron chi connectivity index (χ3n) is 3.96. The van der Waals surface area contributed by atoms with Crippen LogP contribution in [0.25, 0.3) is 11.3 Å². The molecule has 0 saturated carbocycles. The number of carbonyl (C=O) groups is 1. The van der Waals surface area contributed by atoms with E-state index in [0.717, 1.165) is 0 Å². The molecule has 6 nitrogen and oxygen atoms in total. The number of H-pyrrole nitrogens is 1. The number of halogens is 1. The number of aromatic nitrogens is 2. The summed E-state index contributed by atoms with van der Waals surface area (Å²) in [4.78, 5) is 12.5. The molecule has 7 heteroatoms. The summed E-state index contributed by atoms with van der Waals surface area (Å²) in [6.07, 6.45) is 0.580. The van der Waals surface area contributed by atoms with Crippen molar-refractivity contribution in [2.75, 3.05) is 13.7 Å². The molecule has 3 aromatic rings. The Morgan fingerprint density at radius 2 is 2.12 bits per heavy atom. The number of amides is 1. The fraction of sp³-hybridized carbons (Fsp3) is 0.158. The fourth-order valence-electron chi connectivity index (χ4n) is 2.58. The summed E-state index contributed by atoms with van der Waals surface area (Å²) in [5.41, 5.74) is 2.23. The molecule has 0 aliphatic heterocycles. The van der Waals surface area contributed by atoms with Gasteiger partial charge >= 0.3 is 0 Å². The summed E-state index contributed by atoms with van der Waals surface area (Å²) in [6, 6.07) is 14.3. The summed E-state index contributed by atoms with van der Waals surface area (Å²) in [6.45, 7) is 0.0547. The minimum Gasteiger partial charge on any atom is -0.497 e. The second-order valence-corrected chi connectivity index (χ2v) is 6.05. The molecule has 1 heterocycles. The third kappa shape index (κ3) is 3.87. The zero-order valence-corrected chi connectivity index (χ0v) is 14.8. The van der Waals surface area contributed by atoms with Crippen LogP contribution in [0.2, 0.25) is 5.02 Å². The predicted molar refractivity (Wildman–Crippen MR) is 99.3 cm³/mol. The lowest BCUT2D eigenvalue weighted by Gasteiger charge is -2.13. The Morgan fingerprint density at radius 3 is 2.88 bits per heavy atom. The number of benzene rings is 2. The van der Waals surface area contributed by atoms with Gasteiger partial charge in [-0.1, -0.05) is 41.9 Å². The number of carbonyl (C=O) groups excluding carboxylic acids is 1. The van der Waals surface area contributed by atoms with E-state index in [1.54, 1.807) is 43.5 Å². The molecule has 0 aliphatic rings. The molecule has 0 spiro atoms. The molecule has 0 radical (unpaired) electrons. The van der Waals surface area contributed by atoms with E-state index in [1.165, 1.54) is 6.20 Å². The molecule has 3 N–H and O–H groups in total. The van der Waals surface area contributed by atoms with Gasteiger partial charge in [0.05, 0.1) is 30.7 Å². The lowest BCUT2D eigenvalue weighted by atomic mass is 10.1. The van der Waals surface area contributed by atoms with Crippen LogP contribution in [0.5, 0.6) is 5.75 Å². The molecular formula is C19H18ClN3O3. The summed E-state index contributed by atoms with van der Waals surface area (Å²) in [5, 5.41) is 20.3. The van der Waals surface area contributed by atoms with Gasteiger partial charge in [-0.2, -0.15) is 5.10 Å². The summed E-state index contributed by atoms with van der Waals surface area (Å²) < 4.78 is 5.14. The van der Waals surface area contributed by atoms with E-state index in [4.69, 9.17) is 16.3 Å². The number of rotatable bonds is 6. The highest BCUT2D eigenvalue weighted by Gasteiger charge is 2.18. The van der Waals surface area contributed by atoms with Crippen LogP contribution in [0.4, 0.5) is 0 Å². The predicted octanol–water partition coefficient (Wildman–Crippen LogP) is 3.20. The fourth-order valence-corrected chi connectivity index (χ4v) is 2.81. The Hall–Kier alpha value is -2.83. The van der Waals surface area contributed by atoms with Crippen LogP contribution in [-0.2, 0) is 0 Å². The summed E-state index contributed by atoms with van der Waals surface area (Å²) in [5.74, 6) is 0.291. The van der Waals surface area contributed by atoms with Crippen molar-refractivity contribution >= 4 is 17.5 Å². The van der Waals surface area contributed by atoms with Crippen LogP contribution in [0.1, 0.15) is 22.0 Å². The van der Waals surface area contributed by atoms with Gasteiger partial charge in [-0.3, -0.25) is 9.89 Å². The van der Waals surface area contributed by atoms with E-state index in [9.17, 15) is 9.90 Å². The van der Waals surface area contributed by atoms with Gasteiger partial charge in [0, 0.05) is 17.1 Å². The number of nitrogens with one attached hydrogen (secondary N) is 2. The molecule has 3 rings (SSSR count). The number of hydrogen-bond acceptors (Lipinski definition) is 4. The van der Waals surface area contributed by atoms with Crippen LogP contribution in [0.3, 0.4) is 0 Å². The number of ether oxygens (including phenoxy) is 1. The maximum Gasteiger partial charge on any atom is 0.255 e. The molecule has 1 unspecified atom stereocenters. The van der Waals surface area contributed by atoms with E-state index >= 15 is 0 Å². The average Bonchev–Trinajstić information content (AvgIpc) is 3.16. The molecule has 1 aromatic heterocycles. The van der Waals surface area contributed by atoms with Crippen molar-refractivity contribution in [3.05, 3.63) is 70.9 Å². The van der Waals surface area contributed by atoms with Crippen LogP contribution in [-0.4, -0.2) is 34.9 Å². The topological polar surface area (TPSA) is 87.2 Å². The van der Waals surface area contributed by atoms with Crippen molar-refractivity contribution in [2.24, 2.45) is 0 Å². The highest BCUT2D eigenvalue weighted by Crippen LogP contribution is 2.28. The molecule has 0 saturated heterocycles. The number of aliphatic hydroxyl groups excluding tert-OH is 1. The van der Waals surface area contributed by atoms with Crippen molar-refractivity contribution in [3.63, 3.8) is 0 Å². The van der Waals surface area contributed by atoms with Crippen LogP contribution >= 0.6 is 11.6 Å². The molecule has 26 heavy (non-hydrogen) atoms. The lowest BCUT2D eigenvalue weighted by Crippen LogP contribution is -2.28. The van der Waals surface area contributed by atoms with Gasteiger partial charge in [0.2, 0.25) is 0 Å². The van der Waals surface area contributed by atoms with E-state index < -0.39 is 6.10 Å². The first-order valence-electron chi connectivity index (χ1n) is 7.98. The summed E-state index contributed by atoms with van der Waals surface area (Å²) in [7, 11) is 1.56. The van der Waals surface area contributed by atoms with E-state index in [0.29, 0.717) is 33.2 Å². The number of aromatic amines is 1. The highest BCUT2D eigenvalue weighted by atomic mass is 35.5. The van der Waals surface area contributed by atoms with Gasteiger partial charge < -0.3 is 15.2 Å². The van der Waals surface area contributed by atoms with Gasteiger partial charge in [0.25, 0.3) is 5.91 Å². The number of hydrogen-bond donors (Lipinski definition) is 3. The van der Waals surface area contributed by atoms with Crippen molar-refractivity contribution in [1.82, 2.24) is 15.5 Å². The molecule has 0 fully saturated rings. The van der Waals surface area contributed by atoms with Crippen molar-refractivity contribution in [2.45, 2.75) is 6.10 Å². The monoisotopic (exact) mass is 371 g/mol. The lowest BCUT2D eigenvalue weighted by molar-refractivity contribution is 0.0917. The van der Waals surface area contributed by atoms with Crippen molar-refractivity contribution in [3.8, 4) is 17.0 Å². The summed E-state index contributed by atoms with van der Waals surface area (Å²) >= 11 is 6.20. The SMILES string of the molecule is COc1cccc(C(O)CNC(=O)c2cn[nH]c2-c2ccccc2Cl)c1. The maximum absolute atomic E-state index is 12.5. The first-order chi connectivity index (χ1) is 12.6. The number of aliphatic hydroxyl groups is 1. The normalized spacial score (nSPS) is 11.8. The van der Waals surface area contributed by atoms with E-state index in [2.05, 4.69) is 15.5 Å². The van der Waals surface area contributed by atoms with Crippen molar-refractivity contribution in [1.29, 1.82) is 0 Å². The Kier molecular flexibility index (Phi) is 5.55. The van der Waals surface area contributed by atoms with Crippen LogP contribution in [0.15, 0.2) is 54.7 Å². The molecule has 1 amide bonds. The molecule has 1 atom stereocenters. The molecule has 0 aliphatic carbocycles. The van der Waals surface area contributed by atoms with E-state index in [-0.39, 0.29) is 12.5 Å². The minimum atomic E-state index is -0.857. The smallest absolute Gasteiger partial charge is 0.255 e. The minimum absolute atomic E-state index is 0.0547. The molecular weight excluding hydrogens is 354 g/mol. The van der Waals surface area contributed by atoms with Gasteiger partial charge in [0.15, 0.2) is 0 Å². The number of methoxy groups -OCH3 is 1. The second kappa shape index (κ2) is 8.03. The third-order valence-corrected chi connectivity index (χ3v) is 4.29. The standard InChI is InChI=1S/C19H18ClN3O3/c1-26-13-6-4-5-12(9-13)17(24)11-21-19(25)15-10-22-23-18(15)14-7-2-3-8-16(14)20/h2-10,17,24H,11H2,1H3,(H,21,25)(H,22,23). The zero-order valence-electron chi connectivity index (χ0n) is 14.1. The van der Waals surface area contributed by atoms with Crippen LogP contribution in [0, 0.1) is 0 Å². The second-order valence-electron chi connectivity index (χ2n) is 5.64.